The van der Waals surface area contributed by atoms with Crippen LogP contribution >= 0.6 is 8.48 Å². The Labute approximate surface area is 175 Å². The zero-order valence-electron chi connectivity index (χ0n) is 18.4. The van der Waals surface area contributed by atoms with Crippen molar-refractivity contribution in [3.8, 4) is 0 Å². The number of hydrogen-bond donors (Lipinski definition) is 1. The fraction of sp³-hybridized carbons (Fsp3) is 0.409. The van der Waals surface area contributed by atoms with Crippen molar-refractivity contribution in [2.45, 2.75) is 18.9 Å². The molecule has 1 aromatic carbocycles. The minimum Gasteiger partial charge on any atom is -0.369 e. The van der Waals surface area contributed by atoms with Gasteiger partial charge in [0.1, 0.15) is 17.3 Å². The van der Waals surface area contributed by atoms with Gasteiger partial charge in [-0.2, -0.15) is 0 Å². The molecule has 1 atom stereocenters. The fourth-order valence-electron chi connectivity index (χ4n) is 4.19. The van der Waals surface area contributed by atoms with Crippen LogP contribution in [0.25, 0.3) is 0 Å². The summed E-state index contributed by atoms with van der Waals surface area (Å²) in [6, 6.07) is 7.17. The number of halogens is 2. The monoisotopic (exact) mass is 436 g/mol. The van der Waals surface area contributed by atoms with Crippen LogP contribution in [0, 0.1) is 11.6 Å². The molecule has 0 aliphatic carbocycles. The molecule has 0 saturated heterocycles. The van der Waals surface area contributed by atoms with Crippen molar-refractivity contribution in [2.24, 2.45) is 10.7 Å². The Hall–Kier alpha value is -2.48. The number of rotatable bonds is 4. The molecule has 0 saturated carbocycles. The maximum atomic E-state index is 15.0. The average Bonchev–Trinajstić information content (AvgIpc) is 2.60. The van der Waals surface area contributed by atoms with Gasteiger partial charge in [0.2, 0.25) is 0 Å². The Morgan fingerprint density at radius 1 is 1.20 bits per heavy atom. The van der Waals surface area contributed by atoms with E-state index >= 15 is 0 Å². The van der Waals surface area contributed by atoms with Gasteiger partial charge in [0.25, 0.3) is 0 Å². The van der Waals surface area contributed by atoms with E-state index in [0.717, 1.165) is 6.20 Å². The highest BCUT2D eigenvalue weighted by Crippen LogP contribution is 2.83. The first-order chi connectivity index (χ1) is 13.5. The highest BCUT2D eigenvalue weighted by atomic mass is 32.4. The Balaban J connectivity index is 2.01. The number of nitrogens with two attached hydrogens (primary N) is 1. The van der Waals surface area contributed by atoms with Crippen LogP contribution in [0.2, 0.25) is 0 Å². The Kier molecular flexibility index (Phi) is 4.64. The summed E-state index contributed by atoms with van der Waals surface area (Å²) in [5, 5.41) is 0. The molecule has 30 heavy (non-hydrogen) atoms. The van der Waals surface area contributed by atoms with Crippen LogP contribution < -0.4 is 5.73 Å². The maximum absolute atomic E-state index is 15.0. The minimum atomic E-state index is -2.84. The van der Waals surface area contributed by atoms with Crippen LogP contribution in [0.1, 0.15) is 28.5 Å². The molecule has 2 aromatic rings. The molecule has 0 amide bonds. The zero-order chi connectivity index (χ0) is 22.6. The van der Waals surface area contributed by atoms with Crippen molar-refractivity contribution in [3.63, 3.8) is 0 Å². The van der Waals surface area contributed by atoms with E-state index in [2.05, 4.69) is 35.0 Å². The van der Waals surface area contributed by atoms with Gasteiger partial charge in [-0.05, 0) is 61.8 Å². The summed E-state index contributed by atoms with van der Waals surface area (Å²) in [6.07, 6.45) is 9.78. The highest BCUT2D eigenvalue weighted by molar-refractivity contribution is 8.61. The number of ketones is 1. The van der Waals surface area contributed by atoms with Gasteiger partial charge in [-0.15, -0.1) is 0 Å². The number of Topliss-reactive ketones (excluding diaryl/α,β-unsaturated/α-hetero) is 1. The lowest BCUT2D eigenvalue weighted by molar-refractivity contribution is 0.0988. The first-order valence-electron chi connectivity index (χ1n) is 9.57. The van der Waals surface area contributed by atoms with Gasteiger partial charge in [0, 0.05) is 24.8 Å². The molecule has 0 radical (unpaired) electrons. The van der Waals surface area contributed by atoms with E-state index in [-0.39, 0.29) is 23.7 Å². The lowest BCUT2D eigenvalue weighted by Gasteiger charge is -2.78. The third kappa shape index (κ3) is 4.05. The molecule has 164 valence electrons. The number of aliphatic imine (C=N–C) groups is 1. The number of nitrogens with zero attached hydrogens (tertiary/aromatic N) is 3. The highest BCUT2D eigenvalue weighted by Gasteiger charge is 2.55. The van der Waals surface area contributed by atoms with Crippen LogP contribution in [0.15, 0.2) is 41.5 Å². The van der Waals surface area contributed by atoms with Crippen LogP contribution in [-0.4, -0.2) is 58.9 Å². The number of hydrogen-bond acceptors (Lipinski definition) is 5. The van der Waals surface area contributed by atoms with E-state index in [1.165, 1.54) is 18.2 Å². The van der Waals surface area contributed by atoms with Gasteiger partial charge in [-0.25, -0.2) is 22.3 Å². The summed E-state index contributed by atoms with van der Waals surface area (Å²) in [4.78, 5) is 21.1. The van der Waals surface area contributed by atoms with E-state index in [9.17, 15) is 13.6 Å². The Morgan fingerprint density at radius 3 is 2.43 bits per heavy atom. The maximum Gasteiger partial charge on any atom is 0.199 e. The molecule has 0 unspecified atom stereocenters. The molecule has 5 nitrogen and oxygen atoms in total. The average molecular weight is 437 g/mol. The van der Waals surface area contributed by atoms with Crippen LogP contribution in [0.3, 0.4) is 0 Å². The van der Waals surface area contributed by atoms with Gasteiger partial charge in [-0.3, -0.25) is 9.78 Å². The van der Waals surface area contributed by atoms with Crippen LogP contribution in [0.4, 0.5) is 8.78 Å². The molecular formula is C22H30F2N4OS. The van der Waals surface area contributed by atoms with Gasteiger partial charge < -0.3 is 10.0 Å². The normalized spacial score (nSPS) is 26.5. The van der Waals surface area contributed by atoms with Crippen molar-refractivity contribution >= 4 is 20.2 Å². The summed E-state index contributed by atoms with van der Waals surface area (Å²) in [7, 11) is -0.910. The largest absolute Gasteiger partial charge is 0.369 e. The van der Waals surface area contributed by atoms with Gasteiger partial charge in [0.05, 0.1) is 11.7 Å². The lowest BCUT2D eigenvalue weighted by atomic mass is 9.91. The van der Waals surface area contributed by atoms with Crippen molar-refractivity contribution < 1.29 is 13.6 Å². The van der Waals surface area contributed by atoms with E-state index < -0.39 is 19.8 Å². The Bertz CT molecular complexity index is 1060. The summed E-state index contributed by atoms with van der Waals surface area (Å²) in [5.41, 5.74) is 6.63. The lowest BCUT2D eigenvalue weighted by Crippen LogP contribution is -2.61. The molecule has 1 aliphatic rings. The predicted molar refractivity (Wildman–Crippen MR) is 122 cm³/mol. The van der Waals surface area contributed by atoms with Gasteiger partial charge >= 0.3 is 0 Å². The minimum absolute atomic E-state index is 0.0296. The predicted octanol–water partition coefficient (Wildman–Crippen LogP) is 3.57. The van der Waals surface area contributed by atoms with Crippen molar-refractivity contribution in [1.82, 2.24) is 9.29 Å². The number of carbonyl (C=O) groups excluding carboxylic acids is 1. The van der Waals surface area contributed by atoms with Crippen molar-refractivity contribution in [3.05, 3.63) is 65.0 Å². The summed E-state index contributed by atoms with van der Waals surface area (Å²) >= 11 is 0. The third-order valence-corrected chi connectivity index (χ3v) is 10.5. The number of guanidine groups is 1. The molecule has 1 aliphatic heterocycles. The second kappa shape index (κ2) is 6.26. The molecule has 1 aromatic heterocycles. The van der Waals surface area contributed by atoms with E-state index in [0.29, 0.717) is 22.8 Å². The van der Waals surface area contributed by atoms with E-state index in [1.807, 2.05) is 18.3 Å². The quantitative estimate of drug-likeness (QED) is 0.744. The van der Waals surface area contributed by atoms with Crippen molar-refractivity contribution in [2.75, 3.05) is 37.8 Å². The topological polar surface area (TPSA) is 71.6 Å². The second-order valence-corrected chi connectivity index (χ2v) is 20.4. The fourth-order valence-corrected chi connectivity index (χ4v) is 8.03. The SMILES string of the molecule is CN1C(N)=N[C@](C)(c2cc(CC(=O)c3ccc(F)cn3)ccc2F)CS1(C)(C)(C)C. The summed E-state index contributed by atoms with van der Waals surface area (Å²) in [5.74, 6) is -0.177. The number of carbonyl (C=O) groups is 1. The molecule has 2 heterocycles. The van der Waals surface area contributed by atoms with Gasteiger partial charge in [-0.1, -0.05) is 6.07 Å². The number of benzene rings is 1. The van der Waals surface area contributed by atoms with Gasteiger partial charge in [0.15, 0.2) is 11.7 Å². The standard InChI is InChI=1S/C22H30F2N4OS/c1-22(14-30(3,4,5,6)28(2)21(25)27-22)17-11-15(7-9-18(17)24)12-20(29)19-10-8-16(23)13-26-19/h7-11,13H,12,14H2,1-6H3,(H2,25,27)/t22-/m0/s1. The Morgan fingerprint density at radius 2 is 1.87 bits per heavy atom. The van der Waals surface area contributed by atoms with Crippen molar-refractivity contribution in [1.29, 1.82) is 0 Å². The van der Waals surface area contributed by atoms with Crippen LogP contribution in [0.5, 0.6) is 0 Å². The van der Waals surface area contributed by atoms with Crippen LogP contribution in [-0.2, 0) is 12.0 Å². The third-order valence-electron chi connectivity index (χ3n) is 5.88. The second-order valence-electron chi connectivity index (χ2n) is 10.6. The van der Waals surface area contributed by atoms with E-state index in [4.69, 9.17) is 5.73 Å². The summed E-state index contributed by atoms with van der Waals surface area (Å²) in [6.45, 7) is 1.89. The smallest absolute Gasteiger partial charge is 0.199 e. The molecule has 0 spiro atoms. The molecule has 0 bridgehead atoms. The summed E-state index contributed by atoms with van der Waals surface area (Å²) < 4.78 is 30.1. The first-order valence-corrected chi connectivity index (χ1v) is 13.8. The number of aromatic nitrogens is 1. The molecular weight excluding hydrogens is 406 g/mol. The molecule has 0 fully saturated rings. The molecule has 3 rings (SSSR count). The first kappa shape index (κ1) is 22.2. The molecule has 8 heteroatoms. The molecule has 2 N–H and O–H groups in total. The number of pyridine rings is 1. The zero-order valence-corrected chi connectivity index (χ0v) is 19.2. The van der Waals surface area contributed by atoms with E-state index in [1.54, 1.807) is 12.1 Å².